The number of rotatable bonds is 14. The van der Waals surface area contributed by atoms with Gasteiger partial charge in [-0.25, -0.2) is 4.79 Å². The van der Waals surface area contributed by atoms with E-state index in [1.807, 2.05) is 36.6 Å². The van der Waals surface area contributed by atoms with Gasteiger partial charge in [-0.1, -0.05) is 30.3 Å². The maximum absolute atomic E-state index is 12.9. The third-order valence-electron chi connectivity index (χ3n) is 4.74. The molecule has 0 fully saturated rings. The van der Waals surface area contributed by atoms with Crippen LogP contribution in [0.4, 0.5) is 0 Å². The van der Waals surface area contributed by atoms with Crippen molar-refractivity contribution in [2.24, 2.45) is 5.73 Å². The van der Waals surface area contributed by atoms with Crippen LogP contribution in [0.3, 0.4) is 0 Å². The van der Waals surface area contributed by atoms with E-state index in [4.69, 9.17) is 10.8 Å². The average molecular weight is 501 g/mol. The lowest BCUT2D eigenvalue weighted by Gasteiger charge is -2.26. The molecule has 1 aromatic rings. The number of carboxylic acids is 1. The number of nitrogens with one attached hydrogen (secondary N) is 3. The highest BCUT2D eigenvalue weighted by Gasteiger charge is 2.32. The zero-order chi connectivity index (χ0) is 25.0. The van der Waals surface area contributed by atoms with E-state index in [-0.39, 0.29) is 18.6 Å². The van der Waals surface area contributed by atoms with E-state index in [0.29, 0.717) is 5.75 Å². The number of carbonyl (C=O) groups excluding carboxylic acids is 3. The van der Waals surface area contributed by atoms with Crippen molar-refractivity contribution in [2.75, 3.05) is 17.8 Å². The molecule has 5 atom stereocenters. The molecule has 3 amide bonds. The van der Waals surface area contributed by atoms with Crippen LogP contribution < -0.4 is 21.7 Å². The fourth-order valence-corrected chi connectivity index (χ4v) is 3.57. The Bertz CT molecular complexity index is 796. The van der Waals surface area contributed by atoms with Crippen LogP contribution in [-0.2, 0) is 25.6 Å². The number of nitrogens with two attached hydrogens (primary N) is 1. The Morgan fingerprint density at radius 1 is 1.03 bits per heavy atom. The summed E-state index contributed by atoms with van der Waals surface area (Å²) in [6.07, 6.45) is 1.07. The molecule has 12 heteroatoms. The molecule has 33 heavy (non-hydrogen) atoms. The van der Waals surface area contributed by atoms with Gasteiger partial charge in [-0.2, -0.15) is 24.4 Å². The first kappa shape index (κ1) is 28.8. The molecule has 184 valence electrons. The molecule has 0 aliphatic carbocycles. The predicted molar refractivity (Wildman–Crippen MR) is 130 cm³/mol. The van der Waals surface area contributed by atoms with Crippen molar-refractivity contribution in [3.8, 4) is 0 Å². The fraction of sp³-hybridized carbons (Fsp3) is 0.524. The summed E-state index contributed by atoms with van der Waals surface area (Å²) in [5.74, 6) is -3.03. The van der Waals surface area contributed by atoms with Gasteiger partial charge in [0.2, 0.25) is 17.7 Å². The van der Waals surface area contributed by atoms with Gasteiger partial charge < -0.3 is 31.9 Å². The Kier molecular flexibility index (Phi) is 12.9. The summed E-state index contributed by atoms with van der Waals surface area (Å²) in [5, 5.41) is 26.3. The summed E-state index contributed by atoms with van der Waals surface area (Å²) < 4.78 is 0. The number of thiol groups is 1. The standard InChI is InChI=1S/C21H32N4O6S2/c1-12(26)17(20(29)24-16(11-32)21(30)31)25-19(28)15(8-9-33-2)23-18(27)14(22)10-13-6-4-3-5-7-13/h3-7,12,14-17,26,32H,8-11,22H2,1-2H3,(H,23,27)(H,24,29)(H,25,28)(H,30,31). The van der Waals surface area contributed by atoms with Gasteiger partial charge >= 0.3 is 5.97 Å². The van der Waals surface area contributed by atoms with Gasteiger partial charge in [0.25, 0.3) is 0 Å². The van der Waals surface area contributed by atoms with Gasteiger partial charge in [0.05, 0.1) is 12.1 Å². The van der Waals surface area contributed by atoms with E-state index in [9.17, 15) is 24.3 Å². The molecule has 0 heterocycles. The number of aliphatic carboxylic acids is 1. The minimum absolute atomic E-state index is 0.173. The van der Waals surface area contributed by atoms with Crippen LogP contribution in [0.25, 0.3) is 0 Å². The average Bonchev–Trinajstić information content (AvgIpc) is 2.78. The number of aliphatic hydroxyl groups excluding tert-OH is 1. The zero-order valence-electron chi connectivity index (χ0n) is 18.6. The van der Waals surface area contributed by atoms with Crippen LogP contribution in [0.2, 0.25) is 0 Å². The fourth-order valence-electron chi connectivity index (χ4n) is 2.85. The minimum Gasteiger partial charge on any atom is -0.480 e. The van der Waals surface area contributed by atoms with Gasteiger partial charge in [-0.15, -0.1) is 0 Å². The predicted octanol–water partition coefficient (Wildman–Crippen LogP) is -0.841. The molecule has 0 saturated heterocycles. The van der Waals surface area contributed by atoms with Crippen LogP contribution in [0.5, 0.6) is 0 Å². The maximum atomic E-state index is 12.9. The molecule has 5 unspecified atom stereocenters. The number of carboxylic acid groups (broad SMARTS) is 1. The lowest BCUT2D eigenvalue weighted by atomic mass is 10.0. The SMILES string of the molecule is CSCCC(NC(=O)C(N)Cc1ccccc1)C(=O)NC(C(=O)NC(CS)C(=O)O)C(C)O. The Balaban J connectivity index is 2.87. The summed E-state index contributed by atoms with van der Waals surface area (Å²) in [7, 11) is 0. The normalized spacial score (nSPS) is 15.4. The van der Waals surface area contributed by atoms with E-state index in [1.165, 1.54) is 18.7 Å². The van der Waals surface area contributed by atoms with E-state index < -0.39 is 54.0 Å². The Morgan fingerprint density at radius 2 is 1.64 bits per heavy atom. The van der Waals surface area contributed by atoms with Gasteiger partial charge in [0.1, 0.15) is 18.1 Å². The Labute approximate surface area is 202 Å². The lowest BCUT2D eigenvalue weighted by molar-refractivity contribution is -0.142. The molecule has 0 spiro atoms. The zero-order valence-corrected chi connectivity index (χ0v) is 20.3. The summed E-state index contributed by atoms with van der Waals surface area (Å²) in [4.78, 5) is 49.1. The number of benzene rings is 1. The first-order valence-electron chi connectivity index (χ1n) is 10.3. The van der Waals surface area contributed by atoms with E-state index in [2.05, 4.69) is 28.6 Å². The van der Waals surface area contributed by atoms with Gasteiger partial charge in [0.15, 0.2) is 0 Å². The summed E-state index contributed by atoms with van der Waals surface area (Å²) in [5.41, 5.74) is 6.88. The van der Waals surface area contributed by atoms with Gasteiger partial charge in [0, 0.05) is 5.75 Å². The molecule has 1 aromatic carbocycles. The van der Waals surface area contributed by atoms with Crippen molar-refractivity contribution < 1.29 is 29.4 Å². The number of carbonyl (C=O) groups is 4. The number of hydrogen-bond acceptors (Lipinski definition) is 8. The first-order chi connectivity index (χ1) is 15.6. The van der Waals surface area contributed by atoms with Crippen LogP contribution in [0.15, 0.2) is 30.3 Å². The number of amides is 3. The summed E-state index contributed by atoms with van der Waals surface area (Å²) in [6.45, 7) is 1.28. The molecule has 0 aliphatic rings. The molecular weight excluding hydrogens is 468 g/mol. The quantitative estimate of drug-likeness (QED) is 0.162. The largest absolute Gasteiger partial charge is 0.480 e. The number of hydrogen-bond donors (Lipinski definition) is 7. The molecule has 0 radical (unpaired) electrons. The second kappa shape index (κ2) is 14.8. The Morgan fingerprint density at radius 3 is 2.15 bits per heavy atom. The maximum Gasteiger partial charge on any atom is 0.327 e. The third-order valence-corrected chi connectivity index (χ3v) is 5.75. The molecule has 10 nitrogen and oxygen atoms in total. The Hall–Kier alpha value is -2.28. The number of aliphatic hydroxyl groups is 1. The van der Waals surface area contributed by atoms with Crippen molar-refractivity contribution in [3.63, 3.8) is 0 Å². The summed E-state index contributed by atoms with van der Waals surface area (Å²) >= 11 is 5.34. The highest BCUT2D eigenvalue weighted by atomic mass is 32.2. The highest BCUT2D eigenvalue weighted by molar-refractivity contribution is 7.98. The molecule has 0 aliphatic heterocycles. The lowest BCUT2D eigenvalue weighted by Crippen LogP contribution is -2.60. The third kappa shape index (κ3) is 10.0. The van der Waals surface area contributed by atoms with Gasteiger partial charge in [-0.05, 0) is 37.3 Å². The van der Waals surface area contributed by atoms with Crippen molar-refractivity contribution in [3.05, 3.63) is 35.9 Å². The second-order valence-corrected chi connectivity index (χ2v) is 8.80. The van der Waals surface area contributed by atoms with Crippen LogP contribution >= 0.6 is 24.4 Å². The van der Waals surface area contributed by atoms with Crippen molar-refractivity contribution >= 4 is 48.1 Å². The monoisotopic (exact) mass is 500 g/mol. The second-order valence-electron chi connectivity index (χ2n) is 7.45. The number of thioether (sulfide) groups is 1. The highest BCUT2D eigenvalue weighted by Crippen LogP contribution is 2.06. The smallest absolute Gasteiger partial charge is 0.327 e. The van der Waals surface area contributed by atoms with Crippen molar-refractivity contribution in [2.45, 2.75) is 50.0 Å². The van der Waals surface area contributed by atoms with Crippen molar-refractivity contribution in [1.82, 2.24) is 16.0 Å². The minimum atomic E-state index is -1.43. The van der Waals surface area contributed by atoms with Crippen molar-refractivity contribution in [1.29, 1.82) is 0 Å². The van der Waals surface area contributed by atoms with Crippen LogP contribution in [-0.4, -0.2) is 81.9 Å². The topological polar surface area (TPSA) is 171 Å². The first-order valence-corrected chi connectivity index (χ1v) is 12.3. The van der Waals surface area contributed by atoms with Gasteiger partial charge in [-0.3, -0.25) is 14.4 Å². The van der Waals surface area contributed by atoms with E-state index in [1.54, 1.807) is 0 Å². The van der Waals surface area contributed by atoms with Crippen LogP contribution in [0.1, 0.15) is 18.9 Å². The molecule has 0 aromatic heterocycles. The molecule has 7 N–H and O–H groups in total. The molecule has 0 saturated carbocycles. The van der Waals surface area contributed by atoms with E-state index >= 15 is 0 Å². The molecular formula is C21H32N4O6S2. The van der Waals surface area contributed by atoms with E-state index in [0.717, 1.165) is 5.56 Å². The molecule has 0 bridgehead atoms. The van der Waals surface area contributed by atoms with Crippen LogP contribution in [0, 0.1) is 0 Å². The summed E-state index contributed by atoms with van der Waals surface area (Å²) in [6, 6.07) is 4.59. The molecule has 1 rings (SSSR count).